The molecule has 0 saturated heterocycles. The molecule has 0 amide bonds. The van der Waals surface area contributed by atoms with Gasteiger partial charge in [-0.1, -0.05) is 0 Å². The molecule has 9 heteroatoms. The molecule has 21 heavy (non-hydrogen) atoms. The summed E-state index contributed by atoms with van der Waals surface area (Å²) in [5.74, 6) is -1.19. The van der Waals surface area contributed by atoms with E-state index in [4.69, 9.17) is 0 Å². The molecule has 0 aliphatic carbocycles. The third-order valence-corrected chi connectivity index (χ3v) is 4.21. The Morgan fingerprint density at radius 2 is 1.95 bits per heavy atom. The van der Waals surface area contributed by atoms with Crippen LogP contribution in [0.25, 0.3) is 0 Å². The third kappa shape index (κ3) is 3.64. The van der Waals surface area contributed by atoms with E-state index in [-0.39, 0.29) is 11.4 Å². The third-order valence-electron chi connectivity index (χ3n) is 2.75. The monoisotopic (exact) mass is 313 g/mol. The molecule has 112 valence electrons. The minimum atomic E-state index is -3.90. The highest BCUT2D eigenvalue weighted by Crippen LogP contribution is 2.20. The maximum absolute atomic E-state index is 13.4. The Kier molecular flexibility index (Phi) is 4.34. The lowest BCUT2D eigenvalue weighted by Gasteiger charge is -2.07. The zero-order chi connectivity index (χ0) is 15.5. The van der Waals surface area contributed by atoms with Gasteiger partial charge in [-0.2, -0.15) is 4.39 Å². The van der Waals surface area contributed by atoms with E-state index in [9.17, 15) is 22.9 Å². The molecule has 0 spiro atoms. The van der Waals surface area contributed by atoms with Crippen LogP contribution in [0.4, 0.5) is 10.1 Å². The van der Waals surface area contributed by atoms with Gasteiger partial charge in [0.25, 0.3) is 0 Å². The van der Waals surface area contributed by atoms with E-state index in [0.717, 1.165) is 12.1 Å². The summed E-state index contributed by atoms with van der Waals surface area (Å²) in [6.45, 7) is 0.539. The van der Waals surface area contributed by atoms with Gasteiger partial charge in [-0.3, -0.25) is 10.1 Å². The second kappa shape index (κ2) is 6.02. The Morgan fingerprint density at radius 1 is 1.29 bits per heavy atom. The van der Waals surface area contributed by atoms with Crippen LogP contribution in [-0.4, -0.2) is 24.5 Å². The zero-order valence-electron chi connectivity index (χ0n) is 10.8. The molecular weight excluding hydrogens is 301 g/mol. The van der Waals surface area contributed by atoms with Crippen molar-refractivity contribution in [3.8, 4) is 0 Å². The van der Waals surface area contributed by atoms with Crippen molar-refractivity contribution in [1.82, 2.24) is 9.29 Å². The van der Waals surface area contributed by atoms with Gasteiger partial charge in [-0.05, 0) is 18.2 Å². The first-order valence-corrected chi connectivity index (χ1v) is 7.43. The van der Waals surface area contributed by atoms with E-state index in [1.807, 2.05) is 0 Å². The summed E-state index contributed by atoms with van der Waals surface area (Å²) in [5.41, 5.74) is -0.763. The van der Waals surface area contributed by atoms with Crippen molar-refractivity contribution in [3.63, 3.8) is 0 Å². The molecule has 0 aliphatic rings. The van der Waals surface area contributed by atoms with E-state index < -0.39 is 26.5 Å². The predicted molar refractivity (Wildman–Crippen MR) is 72.7 cm³/mol. The lowest BCUT2D eigenvalue weighted by Crippen LogP contribution is -2.27. The number of nitro benzene ring substituents is 1. The molecule has 1 aromatic carbocycles. The van der Waals surface area contributed by atoms with E-state index in [0.29, 0.717) is 12.6 Å². The molecule has 7 nitrogen and oxygen atoms in total. The first-order valence-electron chi connectivity index (χ1n) is 5.94. The molecule has 0 saturated carbocycles. The van der Waals surface area contributed by atoms with Crippen LogP contribution >= 0.6 is 0 Å². The number of hydrogen-bond donors (Lipinski definition) is 1. The fourth-order valence-electron chi connectivity index (χ4n) is 1.71. The van der Waals surface area contributed by atoms with Gasteiger partial charge >= 0.3 is 5.69 Å². The lowest BCUT2D eigenvalue weighted by atomic mass is 10.3. The van der Waals surface area contributed by atoms with Gasteiger partial charge in [0, 0.05) is 37.6 Å². The fraction of sp³-hybridized carbons (Fsp3) is 0.167. The van der Waals surface area contributed by atoms with E-state index in [1.54, 1.807) is 29.1 Å². The minimum absolute atomic E-state index is 0.121. The summed E-state index contributed by atoms with van der Waals surface area (Å²) < 4.78 is 41.4. The summed E-state index contributed by atoms with van der Waals surface area (Å²) >= 11 is 0. The van der Waals surface area contributed by atoms with E-state index in [2.05, 4.69) is 4.72 Å². The van der Waals surface area contributed by atoms with Gasteiger partial charge in [0.2, 0.25) is 15.8 Å². The number of halogens is 1. The number of nitro groups is 1. The number of hydrogen-bond acceptors (Lipinski definition) is 4. The van der Waals surface area contributed by atoms with Crippen LogP contribution in [0.1, 0.15) is 0 Å². The molecule has 2 aromatic rings. The average Bonchev–Trinajstić information content (AvgIpc) is 2.91. The molecule has 1 aromatic heterocycles. The molecule has 0 aliphatic heterocycles. The van der Waals surface area contributed by atoms with E-state index >= 15 is 0 Å². The number of benzene rings is 1. The first-order chi connectivity index (χ1) is 9.90. The van der Waals surface area contributed by atoms with Gasteiger partial charge in [-0.15, -0.1) is 0 Å². The van der Waals surface area contributed by atoms with Crippen molar-refractivity contribution >= 4 is 15.7 Å². The SMILES string of the molecule is O=[N+]([O-])c1ccc(S(=O)(=O)NCCn2cccc2)cc1F. The van der Waals surface area contributed by atoms with Crippen LogP contribution in [0.2, 0.25) is 0 Å². The Hall–Kier alpha value is -2.26. The van der Waals surface area contributed by atoms with Crippen LogP contribution in [0.3, 0.4) is 0 Å². The highest BCUT2D eigenvalue weighted by atomic mass is 32.2. The number of sulfonamides is 1. The first kappa shape index (κ1) is 15.1. The van der Waals surface area contributed by atoms with Crippen LogP contribution in [0, 0.1) is 15.9 Å². The quantitative estimate of drug-likeness (QED) is 0.646. The van der Waals surface area contributed by atoms with Crippen molar-refractivity contribution in [2.45, 2.75) is 11.4 Å². The normalized spacial score (nSPS) is 11.5. The van der Waals surface area contributed by atoms with Crippen molar-refractivity contribution in [2.24, 2.45) is 0 Å². The Balaban J connectivity index is 2.08. The molecule has 0 fully saturated rings. The topological polar surface area (TPSA) is 94.2 Å². The number of nitrogens with zero attached hydrogens (tertiary/aromatic N) is 2. The smallest absolute Gasteiger partial charge is 0.304 e. The van der Waals surface area contributed by atoms with Crippen LogP contribution in [-0.2, 0) is 16.6 Å². The standard InChI is InChI=1S/C12H12FN3O4S/c13-11-9-10(3-4-12(11)16(17)18)21(19,20)14-5-8-15-6-1-2-7-15/h1-4,6-7,9,14H,5,8H2. The largest absolute Gasteiger partial charge is 0.353 e. The maximum atomic E-state index is 13.4. The molecule has 0 unspecified atom stereocenters. The summed E-state index contributed by atoms with van der Waals surface area (Å²) in [4.78, 5) is 9.22. The summed E-state index contributed by atoms with van der Waals surface area (Å²) in [5, 5.41) is 10.5. The average molecular weight is 313 g/mol. The Labute approximate surface area is 120 Å². The summed E-state index contributed by atoms with van der Waals surface area (Å²) in [6, 6.07) is 6.07. The molecule has 1 heterocycles. The molecule has 2 rings (SSSR count). The molecule has 0 bridgehead atoms. The molecule has 0 atom stereocenters. The number of aromatic nitrogens is 1. The van der Waals surface area contributed by atoms with Gasteiger partial charge in [-0.25, -0.2) is 13.1 Å². The highest BCUT2D eigenvalue weighted by molar-refractivity contribution is 7.89. The van der Waals surface area contributed by atoms with Crippen LogP contribution < -0.4 is 4.72 Å². The van der Waals surface area contributed by atoms with Crippen molar-refractivity contribution < 1.29 is 17.7 Å². The molecule has 1 N–H and O–H groups in total. The Morgan fingerprint density at radius 3 is 2.52 bits per heavy atom. The number of rotatable bonds is 6. The van der Waals surface area contributed by atoms with E-state index in [1.165, 1.54) is 0 Å². The summed E-state index contributed by atoms with van der Waals surface area (Å²) in [7, 11) is -3.90. The molecular formula is C12H12FN3O4S. The molecule has 0 radical (unpaired) electrons. The fourth-order valence-corrected chi connectivity index (χ4v) is 2.75. The van der Waals surface area contributed by atoms with Gasteiger partial charge in [0.1, 0.15) is 0 Å². The second-order valence-electron chi connectivity index (χ2n) is 4.19. The van der Waals surface area contributed by atoms with Crippen molar-refractivity contribution in [1.29, 1.82) is 0 Å². The predicted octanol–water partition coefficient (Wildman–Crippen LogP) is 1.51. The Bertz CT molecular complexity index is 744. The van der Waals surface area contributed by atoms with Crippen LogP contribution in [0.15, 0.2) is 47.6 Å². The maximum Gasteiger partial charge on any atom is 0.304 e. The minimum Gasteiger partial charge on any atom is -0.353 e. The highest BCUT2D eigenvalue weighted by Gasteiger charge is 2.20. The summed E-state index contributed by atoms with van der Waals surface area (Å²) in [6.07, 6.45) is 3.56. The van der Waals surface area contributed by atoms with Gasteiger partial charge in [0.15, 0.2) is 0 Å². The zero-order valence-corrected chi connectivity index (χ0v) is 11.6. The van der Waals surface area contributed by atoms with Crippen molar-refractivity contribution in [2.75, 3.05) is 6.54 Å². The van der Waals surface area contributed by atoms with Gasteiger partial charge < -0.3 is 4.57 Å². The van der Waals surface area contributed by atoms with Crippen LogP contribution in [0.5, 0.6) is 0 Å². The van der Waals surface area contributed by atoms with Gasteiger partial charge in [0.05, 0.1) is 9.82 Å². The lowest BCUT2D eigenvalue weighted by molar-refractivity contribution is -0.387. The number of nitrogens with one attached hydrogen (secondary N) is 1. The second-order valence-corrected chi connectivity index (χ2v) is 5.96. The van der Waals surface area contributed by atoms with Crippen molar-refractivity contribution in [3.05, 3.63) is 58.7 Å².